The monoisotopic (exact) mass is 286 g/mol. The summed E-state index contributed by atoms with van der Waals surface area (Å²) in [5.41, 5.74) is 7.28. The lowest BCUT2D eigenvalue weighted by Gasteiger charge is -2.08. The third-order valence-electron chi connectivity index (χ3n) is 3.01. The van der Waals surface area contributed by atoms with Crippen LogP contribution in [0.4, 0.5) is 10.3 Å². The van der Waals surface area contributed by atoms with Gasteiger partial charge in [-0.1, -0.05) is 23.7 Å². The molecule has 98 valence electrons. The summed E-state index contributed by atoms with van der Waals surface area (Å²) in [6, 6.07) is 11.4. The maximum atomic E-state index is 13.7. The van der Waals surface area contributed by atoms with Crippen LogP contribution in [-0.4, -0.2) is 9.55 Å². The number of para-hydroxylation sites is 1. The number of hydrogen-bond donors (Lipinski definition) is 1. The number of nitrogens with two attached hydrogens (primary N) is 1. The zero-order chi connectivity index (χ0) is 14.3. The number of benzene rings is 2. The van der Waals surface area contributed by atoms with Crippen LogP contribution in [0.25, 0.3) is 16.7 Å². The number of fused-ring (bicyclic) bond motifs is 1. The number of nitriles is 1. The van der Waals surface area contributed by atoms with Gasteiger partial charge in [0.15, 0.2) is 0 Å². The average molecular weight is 287 g/mol. The van der Waals surface area contributed by atoms with Crippen LogP contribution in [0.3, 0.4) is 0 Å². The van der Waals surface area contributed by atoms with E-state index in [4.69, 9.17) is 22.6 Å². The smallest absolute Gasteiger partial charge is 0.206 e. The van der Waals surface area contributed by atoms with E-state index in [0.29, 0.717) is 21.7 Å². The Kier molecular flexibility index (Phi) is 2.81. The molecule has 1 heterocycles. The molecule has 0 saturated heterocycles. The van der Waals surface area contributed by atoms with Gasteiger partial charge in [0.1, 0.15) is 23.0 Å². The summed E-state index contributed by atoms with van der Waals surface area (Å²) in [5, 5.41) is 9.57. The molecule has 0 aliphatic carbocycles. The number of anilines is 1. The van der Waals surface area contributed by atoms with Crippen LogP contribution >= 0.6 is 11.6 Å². The van der Waals surface area contributed by atoms with Crippen molar-refractivity contribution in [3.8, 4) is 11.8 Å². The first-order valence-corrected chi connectivity index (χ1v) is 6.12. The van der Waals surface area contributed by atoms with Gasteiger partial charge in [0.2, 0.25) is 5.95 Å². The first kappa shape index (κ1) is 12.5. The van der Waals surface area contributed by atoms with Crippen molar-refractivity contribution in [2.45, 2.75) is 0 Å². The molecule has 20 heavy (non-hydrogen) atoms. The topological polar surface area (TPSA) is 67.6 Å². The van der Waals surface area contributed by atoms with Crippen molar-refractivity contribution in [1.82, 2.24) is 9.55 Å². The summed E-state index contributed by atoms with van der Waals surface area (Å²) in [5.74, 6) is -0.455. The third-order valence-corrected chi connectivity index (χ3v) is 3.31. The molecule has 4 nitrogen and oxygen atoms in total. The van der Waals surface area contributed by atoms with Crippen LogP contribution in [0.2, 0.25) is 5.02 Å². The van der Waals surface area contributed by atoms with Crippen molar-refractivity contribution in [3.05, 3.63) is 52.8 Å². The highest BCUT2D eigenvalue weighted by Gasteiger charge is 2.16. The highest BCUT2D eigenvalue weighted by atomic mass is 35.5. The van der Waals surface area contributed by atoms with Crippen LogP contribution < -0.4 is 5.73 Å². The third kappa shape index (κ3) is 1.70. The molecule has 0 unspecified atom stereocenters. The second-order valence-corrected chi connectivity index (χ2v) is 4.57. The predicted octanol–water partition coefficient (Wildman–Crippen LogP) is 3.27. The molecule has 0 amide bonds. The zero-order valence-corrected chi connectivity index (χ0v) is 10.9. The Hall–Kier alpha value is -2.58. The van der Waals surface area contributed by atoms with E-state index in [2.05, 4.69) is 4.98 Å². The molecular formula is C14H8ClFN4. The Morgan fingerprint density at radius 3 is 2.75 bits per heavy atom. The SMILES string of the molecule is N#Cc1c(F)cccc1-n1c(N)nc2c(Cl)cccc21. The average Bonchev–Trinajstić information content (AvgIpc) is 2.76. The Labute approximate surface area is 118 Å². The molecule has 0 saturated carbocycles. The molecule has 0 radical (unpaired) electrons. The van der Waals surface area contributed by atoms with E-state index >= 15 is 0 Å². The normalized spacial score (nSPS) is 10.7. The molecule has 6 heteroatoms. The number of nitrogens with zero attached hydrogens (tertiary/aromatic N) is 3. The Morgan fingerprint density at radius 1 is 1.25 bits per heavy atom. The highest BCUT2D eigenvalue weighted by Crippen LogP contribution is 2.29. The van der Waals surface area contributed by atoms with Crippen LogP contribution in [0.5, 0.6) is 0 Å². The molecule has 2 N–H and O–H groups in total. The Bertz CT molecular complexity index is 863. The molecule has 0 spiro atoms. The van der Waals surface area contributed by atoms with Gasteiger partial charge >= 0.3 is 0 Å². The van der Waals surface area contributed by atoms with Gasteiger partial charge in [-0.3, -0.25) is 4.57 Å². The Balaban J connectivity index is 2.43. The van der Waals surface area contributed by atoms with Gasteiger partial charge < -0.3 is 5.73 Å². The van der Waals surface area contributed by atoms with E-state index in [1.807, 2.05) is 6.07 Å². The summed E-state index contributed by atoms with van der Waals surface area (Å²) >= 11 is 6.06. The van der Waals surface area contributed by atoms with Crippen LogP contribution in [-0.2, 0) is 0 Å². The lowest BCUT2D eigenvalue weighted by molar-refractivity contribution is 0.623. The summed E-state index contributed by atoms with van der Waals surface area (Å²) in [6.07, 6.45) is 0. The number of imidazole rings is 1. The maximum Gasteiger partial charge on any atom is 0.206 e. The second-order valence-electron chi connectivity index (χ2n) is 4.16. The summed E-state index contributed by atoms with van der Waals surface area (Å²) in [7, 11) is 0. The molecule has 0 aliphatic heterocycles. The fraction of sp³-hybridized carbons (Fsp3) is 0. The van der Waals surface area contributed by atoms with Gasteiger partial charge in [0.05, 0.1) is 16.2 Å². The second kappa shape index (κ2) is 4.51. The molecule has 0 aliphatic rings. The molecule has 3 rings (SSSR count). The van der Waals surface area contributed by atoms with Crippen molar-refractivity contribution in [2.24, 2.45) is 0 Å². The number of aromatic nitrogens is 2. The van der Waals surface area contributed by atoms with Crippen molar-refractivity contribution in [3.63, 3.8) is 0 Å². The van der Waals surface area contributed by atoms with Crippen molar-refractivity contribution in [1.29, 1.82) is 5.26 Å². The molecule has 0 fully saturated rings. The van der Waals surface area contributed by atoms with Crippen molar-refractivity contribution >= 4 is 28.6 Å². The quantitative estimate of drug-likeness (QED) is 0.746. The minimum Gasteiger partial charge on any atom is -0.369 e. The lowest BCUT2D eigenvalue weighted by atomic mass is 10.1. The van der Waals surface area contributed by atoms with Gasteiger partial charge in [-0.2, -0.15) is 5.26 Å². The minimum atomic E-state index is -0.603. The van der Waals surface area contributed by atoms with E-state index < -0.39 is 5.82 Å². The van der Waals surface area contributed by atoms with Gasteiger partial charge in [-0.05, 0) is 24.3 Å². The molecule has 0 atom stereocenters. The minimum absolute atomic E-state index is 0.0847. The van der Waals surface area contributed by atoms with Gasteiger partial charge in [-0.25, -0.2) is 9.37 Å². The summed E-state index contributed by atoms with van der Waals surface area (Å²) in [6.45, 7) is 0. The van der Waals surface area contributed by atoms with Gasteiger partial charge in [0.25, 0.3) is 0 Å². The molecule has 2 aromatic carbocycles. The van der Waals surface area contributed by atoms with Crippen LogP contribution in [0, 0.1) is 17.1 Å². The van der Waals surface area contributed by atoms with Gasteiger partial charge in [0, 0.05) is 0 Å². The Morgan fingerprint density at radius 2 is 2.00 bits per heavy atom. The van der Waals surface area contributed by atoms with E-state index in [0.717, 1.165) is 0 Å². The fourth-order valence-electron chi connectivity index (χ4n) is 2.15. The van der Waals surface area contributed by atoms with Gasteiger partial charge in [-0.15, -0.1) is 0 Å². The van der Waals surface area contributed by atoms with E-state index in [1.54, 1.807) is 24.3 Å². The van der Waals surface area contributed by atoms with Crippen molar-refractivity contribution < 1.29 is 4.39 Å². The number of hydrogen-bond acceptors (Lipinski definition) is 3. The first-order valence-electron chi connectivity index (χ1n) is 5.75. The standard InChI is InChI=1S/C14H8ClFN4/c15-9-3-1-6-12-13(9)19-14(18)20(12)11-5-2-4-10(16)8(11)7-17/h1-6H,(H2,18,19). The zero-order valence-electron chi connectivity index (χ0n) is 10.1. The summed E-state index contributed by atoms with van der Waals surface area (Å²) < 4.78 is 15.2. The van der Waals surface area contributed by atoms with E-state index in [1.165, 1.54) is 16.7 Å². The molecule has 0 bridgehead atoms. The highest BCUT2D eigenvalue weighted by molar-refractivity contribution is 6.35. The van der Waals surface area contributed by atoms with E-state index in [9.17, 15) is 4.39 Å². The first-order chi connectivity index (χ1) is 9.63. The van der Waals surface area contributed by atoms with Crippen LogP contribution in [0.15, 0.2) is 36.4 Å². The van der Waals surface area contributed by atoms with Crippen LogP contribution in [0.1, 0.15) is 5.56 Å². The lowest BCUT2D eigenvalue weighted by Crippen LogP contribution is -2.04. The fourth-order valence-corrected chi connectivity index (χ4v) is 2.36. The maximum absolute atomic E-state index is 13.7. The largest absolute Gasteiger partial charge is 0.369 e. The predicted molar refractivity (Wildman–Crippen MR) is 75.2 cm³/mol. The van der Waals surface area contributed by atoms with E-state index in [-0.39, 0.29) is 11.5 Å². The number of halogens is 2. The number of rotatable bonds is 1. The summed E-state index contributed by atoms with van der Waals surface area (Å²) in [4.78, 5) is 4.17. The van der Waals surface area contributed by atoms with Crippen molar-refractivity contribution in [2.75, 3.05) is 5.73 Å². The molecule has 3 aromatic rings. The molecule has 1 aromatic heterocycles. The number of nitrogen functional groups attached to an aromatic ring is 1. The molecular weight excluding hydrogens is 279 g/mol.